The lowest BCUT2D eigenvalue weighted by molar-refractivity contribution is -0.384. The Morgan fingerprint density at radius 3 is 2.88 bits per heavy atom. The van der Waals surface area contributed by atoms with E-state index < -0.39 is 4.92 Å². The molecular formula is C18H22N4O3. The molecule has 0 radical (unpaired) electrons. The van der Waals surface area contributed by atoms with Crippen LogP contribution in [-0.2, 0) is 11.8 Å². The van der Waals surface area contributed by atoms with E-state index in [9.17, 15) is 14.9 Å². The summed E-state index contributed by atoms with van der Waals surface area (Å²) in [5, 5.41) is 13.7. The van der Waals surface area contributed by atoms with E-state index in [1.165, 1.54) is 17.8 Å². The number of carbonyl (C=O) groups excluding carboxylic acids is 1. The zero-order chi connectivity index (χ0) is 18.0. The van der Waals surface area contributed by atoms with Crippen LogP contribution in [0.4, 0.5) is 11.4 Å². The minimum absolute atomic E-state index is 0.0243. The minimum atomic E-state index is -0.457. The van der Waals surface area contributed by atoms with Crippen LogP contribution >= 0.6 is 0 Å². The molecule has 1 aromatic carbocycles. The predicted molar refractivity (Wildman–Crippen MR) is 95.4 cm³/mol. The Bertz CT molecular complexity index is 799. The fourth-order valence-electron chi connectivity index (χ4n) is 3.40. The maximum atomic E-state index is 12.5. The Morgan fingerprint density at radius 2 is 2.20 bits per heavy atom. The Hall–Kier alpha value is -2.67. The summed E-state index contributed by atoms with van der Waals surface area (Å²) in [7, 11) is 2.01. The highest BCUT2D eigenvalue weighted by Gasteiger charge is 2.29. The van der Waals surface area contributed by atoms with Gasteiger partial charge in [0.2, 0.25) is 5.91 Å². The second-order valence-corrected chi connectivity index (χ2v) is 6.48. The summed E-state index contributed by atoms with van der Waals surface area (Å²) in [5.74, 6) is -0.148. The van der Waals surface area contributed by atoms with E-state index in [0.717, 1.165) is 24.9 Å². The summed E-state index contributed by atoms with van der Waals surface area (Å²) in [5.41, 5.74) is 2.48. The average Bonchev–Trinajstić information content (AvgIpc) is 3.17. The lowest BCUT2D eigenvalue weighted by atomic mass is 10.1. The van der Waals surface area contributed by atoms with Gasteiger partial charge >= 0.3 is 0 Å². The maximum Gasteiger partial charge on any atom is 0.271 e. The molecular weight excluding hydrogens is 320 g/mol. The summed E-state index contributed by atoms with van der Waals surface area (Å²) < 4.78 is 2.09. The van der Waals surface area contributed by atoms with Crippen LogP contribution in [0, 0.1) is 17.0 Å². The van der Waals surface area contributed by atoms with Crippen LogP contribution < -0.4 is 5.32 Å². The van der Waals surface area contributed by atoms with Gasteiger partial charge in [0, 0.05) is 31.1 Å². The van der Waals surface area contributed by atoms with E-state index in [-0.39, 0.29) is 24.2 Å². The number of likely N-dealkylation sites (tertiary alicyclic amines) is 1. The van der Waals surface area contributed by atoms with Gasteiger partial charge in [-0.15, -0.1) is 0 Å². The van der Waals surface area contributed by atoms with Crippen molar-refractivity contribution in [1.82, 2.24) is 9.47 Å². The van der Waals surface area contributed by atoms with E-state index in [0.29, 0.717) is 5.69 Å². The van der Waals surface area contributed by atoms with Gasteiger partial charge in [-0.2, -0.15) is 0 Å². The first-order valence-corrected chi connectivity index (χ1v) is 8.36. The molecule has 7 heteroatoms. The van der Waals surface area contributed by atoms with Crippen molar-refractivity contribution in [3.63, 3.8) is 0 Å². The van der Waals surface area contributed by atoms with Crippen LogP contribution in [0.3, 0.4) is 0 Å². The fourth-order valence-corrected chi connectivity index (χ4v) is 3.40. The number of hydrogen-bond donors (Lipinski definition) is 1. The first-order chi connectivity index (χ1) is 12.0. The van der Waals surface area contributed by atoms with E-state index in [1.54, 1.807) is 6.07 Å². The summed E-state index contributed by atoms with van der Waals surface area (Å²) in [6.07, 6.45) is 4.10. The largest absolute Gasteiger partial charge is 0.353 e. The minimum Gasteiger partial charge on any atom is -0.353 e. The van der Waals surface area contributed by atoms with Gasteiger partial charge in [0.1, 0.15) is 0 Å². The molecule has 0 unspecified atom stereocenters. The van der Waals surface area contributed by atoms with E-state index in [1.807, 2.05) is 26.2 Å². The molecule has 1 N–H and O–H groups in total. The van der Waals surface area contributed by atoms with Crippen LogP contribution in [-0.4, -0.2) is 33.4 Å². The molecule has 7 nitrogen and oxygen atoms in total. The number of carbonyl (C=O) groups is 1. The summed E-state index contributed by atoms with van der Waals surface area (Å²) in [6, 6.07) is 8.83. The Labute approximate surface area is 146 Å². The smallest absolute Gasteiger partial charge is 0.271 e. The first kappa shape index (κ1) is 17.2. The number of anilines is 1. The molecule has 2 heterocycles. The van der Waals surface area contributed by atoms with Gasteiger partial charge in [-0.25, -0.2) is 0 Å². The molecule has 25 heavy (non-hydrogen) atoms. The number of benzene rings is 1. The number of nitrogens with one attached hydrogen (secondary N) is 1. The molecule has 3 rings (SSSR count). The molecule has 1 aliphatic rings. The number of aromatic nitrogens is 1. The van der Waals surface area contributed by atoms with Crippen molar-refractivity contribution < 1.29 is 9.72 Å². The van der Waals surface area contributed by atoms with Crippen molar-refractivity contribution >= 4 is 17.3 Å². The van der Waals surface area contributed by atoms with Crippen LogP contribution in [0.1, 0.15) is 30.1 Å². The molecule has 1 saturated heterocycles. The molecule has 1 aliphatic heterocycles. The molecule has 0 spiro atoms. The van der Waals surface area contributed by atoms with Crippen LogP contribution in [0.2, 0.25) is 0 Å². The molecule has 1 amide bonds. The Balaban J connectivity index is 1.69. The number of amides is 1. The SMILES string of the molecule is Cc1ccc([N+](=O)[O-])cc1NC(=O)CN1CCC[C@@H]1c1cccn1C. The van der Waals surface area contributed by atoms with Crippen molar-refractivity contribution in [2.24, 2.45) is 7.05 Å². The summed E-state index contributed by atoms with van der Waals surface area (Å²) in [4.78, 5) is 25.1. The monoisotopic (exact) mass is 342 g/mol. The van der Waals surface area contributed by atoms with Gasteiger partial charge in [-0.3, -0.25) is 19.8 Å². The van der Waals surface area contributed by atoms with Crippen molar-refractivity contribution in [3.05, 3.63) is 57.9 Å². The molecule has 0 saturated carbocycles. The number of aryl methyl sites for hydroxylation is 2. The van der Waals surface area contributed by atoms with Crippen molar-refractivity contribution in [2.45, 2.75) is 25.8 Å². The second-order valence-electron chi connectivity index (χ2n) is 6.48. The summed E-state index contributed by atoms with van der Waals surface area (Å²) >= 11 is 0. The van der Waals surface area contributed by atoms with E-state index in [4.69, 9.17) is 0 Å². The molecule has 0 aliphatic carbocycles. The predicted octanol–water partition coefficient (Wildman–Crippen LogP) is 3.02. The van der Waals surface area contributed by atoms with Crippen LogP contribution in [0.15, 0.2) is 36.5 Å². The molecule has 1 fully saturated rings. The van der Waals surface area contributed by atoms with Gasteiger partial charge < -0.3 is 9.88 Å². The molecule has 0 bridgehead atoms. The van der Waals surface area contributed by atoms with Crippen LogP contribution in [0.5, 0.6) is 0 Å². The normalized spacial score (nSPS) is 17.6. The zero-order valence-corrected chi connectivity index (χ0v) is 14.4. The zero-order valence-electron chi connectivity index (χ0n) is 14.4. The van der Waals surface area contributed by atoms with Gasteiger partial charge in [0.05, 0.1) is 23.2 Å². The van der Waals surface area contributed by atoms with Gasteiger partial charge in [-0.05, 0) is 44.0 Å². The number of nitrogens with zero attached hydrogens (tertiary/aromatic N) is 3. The third kappa shape index (κ3) is 3.71. The molecule has 132 valence electrons. The van der Waals surface area contributed by atoms with E-state index in [2.05, 4.69) is 20.9 Å². The third-order valence-electron chi connectivity index (χ3n) is 4.74. The van der Waals surface area contributed by atoms with Gasteiger partial charge in [0.25, 0.3) is 5.69 Å². The first-order valence-electron chi connectivity index (χ1n) is 8.36. The Morgan fingerprint density at radius 1 is 1.40 bits per heavy atom. The van der Waals surface area contributed by atoms with Crippen molar-refractivity contribution in [3.8, 4) is 0 Å². The highest BCUT2D eigenvalue weighted by molar-refractivity contribution is 5.93. The number of non-ortho nitro benzene ring substituents is 1. The molecule has 1 aromatic heterocycles. The van der Waals surface area contributed by atoms with Crippen LogP contribution in [0.25, 0.3) is 0 Å². The van der Waals surface area contributed by atoms with E-state index >= 15 is 0 Å². The number of hydrogen-bond acceptors (Lipinski definition) is 4. The lowest BCUT2D eigenvalue weighted by Crippen LogP contribution is -2.33. The highest BCUT2D eigenvalue weighted by Crippen LogP contribution is 2.31. The molecule has 2 aromatic rings. The van der Waals surface area contributed by atoms with Crippen molar-refractivity contribution in [2.75, 3.05) is 18.4 Å². The standard InChI is InChI=1S/C18H22N4O3/c1-13-7-8-14(22(24)25)11-15(13)19-18(23)12-21-10-4-6-17(21)16-5-3-9-20(16)2/h3,5,7-9,11,17H,4,6,10,12H2,1-2H3,(H,19,23)/t17-/m1/s1. The number of rotatable bonds is 5. The molecule has 1 atom stereocenters. The topological polar surface area (TPSA) is 80.4 Å². The fraction of sp³-hybridized carbons (Fsp3) is 0.389. The number of nitro benzene ring substituents is 1. The van der Waals surface area contributed by atoms with Gasteiger partial charge in [-0.1, -0.05) is 6.07 Å². The quantitative estimate of drug-likeness (QED) is 0.669. The van der Waals surface area contributed by atoms with Gasteiger partial charge in [0.15, 0.2) is 0 Å². The number of nitro groups is 1. The van der Waals surface area contributed by atoms with Crippen molar-refractivity contribution in [1.29, 1.82) is 0 Å². The lowest BCUT2D eigenvalue weighted by Gasteiger charge is -2.24. The highest BCUT2D eigenvalue weighted by atomic mass is 16.6. The second kappa shape index (κ2) is 7.06. The maximum absolute atomic E-state index is 12.5. The Kier molecular flexibility index (Phi) is 4.85. The average molecular weight is 342 g/mol. The third-order valence-corrected chi connectivity index (χ3v) is 4.74. The summed E-state index contributed by atoms with van der Waals surface area (Å²) in [6.45, 7) is 2.97.